The van der Waals surface area contributed by atoms with Crippen molar-refractivity contribution in [2.24, 2.45) is 10.9 Å². The number of nitrogens with zero attached hydrogens (tertiary/aromatic N) is 1. The maximum absolute atomic E-state index is 8.83. The van der Waals surface area contributed by atoms with Crippen LogP contribution in [0.5, 0.6) is 0 Å². The van der Waals surface area contributed by atoms with Crippen molar-refractivity contribution in [1.82, 2.24) is 0 Å². The summed E-state index contributed by atoms with van der Waals surface area (Å²) in [5, 5.41) is 12.6. The minimum Gasteiger partial charge on any atom is -0.409 e. The lowest BCUT2D eigenvalue weighted by molar-refractivity contribution is 0.318. The van der Waals surface area contributed by atoms with Crippen LogP contribution in [-0.4, -0.2) is 11.0 Å². The van der Waals surface area contributed by atoms with Crippen LogP contribution in [0.1, 0.15) is 5.56 Å². The van der Waals surface area contributed by atoms with Gasteiger partial charge in [0.25, 0.3) is 0 Å². The van der Waals surface area contributed by atoms with E-state index in [-0.39, 0.29) is 5.84 Å². The van der Waals surface area contributed by atoms with Gasteiger partial charge in [0.05, 0.1) is 0 Å². The Morgan fingerprint density at radius 2 is 2.05 bits per heavy atom. The van der Waals surface area contributed by atoms with Crippen molar-refractivity contribution < 1.29 is 5.21 Å². The van der Waals surface area contributed by atoms with Crippen molar-refractivity contribution in [3.63, 3.8) is 0 Å². The van der Waals surface area contributed by atoms with Gasteiger partial charge in [0.1, 0.15) is 0 Å². The zero-order valence-corrected chi connectivity index (χ0v) is 12.8. The van der Waals surface area contributed by atoms with Crippen LogP contribution in [0.3, 0.4) is 0 Å². The van der Waals surface area contributed by atoms with Gasteiger partial charge >= 0.3 is 0 Å². The van der Waals surface area contributed by atoms with Gasteiger partial charge in [-0.15, -0.1) is 0 Å². The van der Waals surface area contributed by atoms with Crippen molar-refractivity contribution in [1.29, 1.82) is 0 Å². The Balaban J connectivity index is 2.40. The monoisotopic (exact) mass is 356 g/mol. The maximum atomic E-state index is 8.83. The highest BCUT2D eigenvalue weighted by Gasteiger charge is 2.09. The predicted molar refractivity (Wildman–Crippen MR) is 82.2 cm³/mol. The lowest BCUT2D eigenvalue weighted by Crippen LogP contribution is -2.14. The van der Waals surface area contributed by atoms with Crippen LogP contribution >= 0.6 is 39.3 Å². The first-order valence-electron chi connectivity index (χ1n) is 5.31. The van der Waals surface area contributed by atoms with E-state index in [1.54, 1.807) is 0 Å². The molecule has 2 rings (SSSR count). The number of nitrogens with two attached hydrogens (primary N) is 1. The molecule has 0 aromatic heterocycles. The van der Waals surface area contributed by atoms with Crippen LogP contribution in [0.4, 0.5) is 0 Å². The third-order valence-corrected chi connectivity index (χ3v) is 4.14. The molecule has 2 aromatic rings. The molecule has 0 bridgehead atoms. The molecule has 0 aliphatic rings. The normalized spacial score (nSPS) is 11.6. The average molecular weight is 358 g/mol. The Kier molecular flexibility index (Phi) is 4.74. The number of halogens is 2. The minimum absolute atomic E-state index is 0.0748. The third-order valence-electron chi connectivity index (χ3n) is 2.35. The molecular formula is C13H10BrClN2OS. The molecule has 3 nitrogen and oxygen atoms in total. The van der Waals surface area contributed by atoms with Gasteiger partial charge in [0.2, 0.25) is 0 Å². The summed E-state index contributed by atoms with van der Waals surface area (Å²) < 4.78 is 0.865. The highest BCUT2D eigenvalue weighted by atomic mass is 79.9. The molecule has 0 unspecified atom stereocenters. The SMILES string of the molecule is N/C(=N/O)c1cc(Br)ccc1Sc1cccc(Cl)c1. The molecule has 19 heavy (non-hydrogen) atoms. The second-order valence-electron chi connectivity index (χ2n) is 3.69. The number of hydrogen-bond acceptors (Lipinski definition) is 3. The summed E-state index contributed by atoms with van der Waals surface area (Å²) in [4.78, 5) is 1.88. The van der Waals surface area contributed by atoms with E-state index in [1.165, 1.54) is 11.8 Å². The summed E-state index contributed by atoms with van der Waals surface area (Å²) in [6.45, 7) is 0. The Morgan fingerprint density at radius 3 is 2.74 bits per heavy atom. The van der Waals surface area contributed by atoms with Crippen LogP contribution in [-0.2, 0) is 0 Å². The van der Waals surface area contributed by atoms with Crippen molar-refractivity contribution in [2.75, 3.05) is 0 Å². The molecule has 6 heteroatoms. The summed E-state index contributed by atoms with van der Waals surface area (Å²) in [5.41, 5.74) is 6.36. The quantitative estimate of drug-likeness (QED) is 0.371. The number of amidine groups is 1. The van der Waals surface area contributed by atoms with Gasteiger partial charge in [-0.2, -0.15) is 0 Å². The first-order chi connectivity index (χ1) is 9.10. The highest BCUT2D eigenvalue weighted by molar-refractivity contribution is 9.10. The Labute approximate surface area is 128 Å². The molecule has 0 aliphatic carbocycles. The molecule has 2 aromatic carbocycles. The van der Waals surface area contributed by atoms with Gasteiger partial charge in [0.15, 0.2) is 5.84 Å². The van der Waals surface area contributed by atoms with Gasteiger partial charge in [-0.25, -0.2) is 0 Å². The Bertz CT molecular complexity index is 634. The van der Waals surface area contributed by atoms with Crippen LogP contribution in [0.25, 0.3) is 0 Å². The fourth-order valence-electron chi connectivity index (χ4n) is 1.50. The van der Waals surface area contributed by atoms with Crippen molar-refractivity contribution in [3.8, 4) is 0 Å². The fourth-order valence-corrected chi connectivity index (χ4v) is 3.11. The minimum atomic E-state index is 0.0748. The molecule has 0 spiro atoms. The maximum Gasteiger partial charge on any atom is 0.171 e. The van der Waals surface area contributed by atoms with E-state index in [0.29, 0.717) is 10.6 Å². The van der Waals surface area contributed by atoms with Crippen LogP contribution in [0.15, 0.2) is 61.9 Å². The Morgan fingerprint density at radius 1 is 1.26 bits per heavy atom. The molecule has 0 saturated heterocycles. The van der Waals surface area contributed by atoms with Crippen LogP contribution < -0.4 is 5.73 Å². The first kappa shape index (κ1) is 14.2. The molecule has 0 amide bonds. The number of oxime groups is 1. The second kappa shape index (κ2) is 6.32. The molecule has 3 N–H and O–H groups in total. The summed E-state index contributed by atoms with van der Waals surface area (Å²) >= 11 is 10.8. The number of rotatable bonds is 3. The molecule has 0 saturated carbocycles. The predicted octanol–water partition coefficient (Wildman–Crippen LogP) is 4.35. The van der Waals surface area contributed by atoms with Gasteiger partial charge in [-0.05, 0) is 36.4 Å². The molecule has 0 heterocycles. The van der Waals surface area contributed by atoms with Gasteiger partial charge in [-0.1, -0.05) is 50.5 Å². The summed E-state index contributed by atoms with van der Waals surface area (Å²) in [6, 6.07) is 13.1. The van der Waals surface area contributed by atoms with E-state index in [9.17, 15) is 0 Å². The number of hydrogen-bond donors (Lipinski definition) is 2. The lowest BCUT2D eigenvalue weighted by Gasteiger charge is -2.08. The largest absolute Gasteiger partial charge is 0.409 e. The van der Waals surface area contributed by atoms with Crippen molar-refractivity contribution in [2.45, 2.75) is 9.79 Å². The van der Waals surface area contributed by atoms with Crippen LogP contribution in [0.2, 0.25) is 5.02 Å². The zero-order chi connectivity index (χ0) is 13.8. The van der Waals surface area contributed by atoms with E-state index < -0.39 is 0 Å². The topological polar surface area (TPSA) is 58.6 Å². The lowest BCUT2D eigenvalue weighted by atomic mass is 10.2. The van der Waals surface area contributed by atoms with E-state index in [2.05, 4.69) is 21.1 Å². The first-order valence-corrected chi connectivity index (χ1v) is 7.30. The molecule has 0 atom stereocenters. The van der Waals surface area contributed by atoms with E-state index in [1.807, 2.05) is 42.5 Å². The van der Waals surface area contributed by atoms with Crippen molar-refractivity contribution in [3.05, 3.63) is 57.5 Å². The van der Waals surface area contributed by atoms with E-state index in [4.69, 9.17) is 22.5 Å². The van der Waals surface area contributed by atoms with Crippen molar-refractivity contribution >= 4 is 45.1 Å². The highest BCUT2D eigenvalue weighted by Crippen LogP contribution is 2.33. The Hall–Kier alpha value is -1.17. The fraction of sp³-hybridized carbons (Fsp3) is 0. The summed E-state index contributed by atoms with van der Waals surface area (Å²) in [7, 11) is 0. The van der Waals surface area contributed by atoms with E-state index in [0.717, 1.165) is 14.3 Å². The molecule has 98 valence electrons. The van der Waals surface area contributed by atoms with Gasteiger partial charge in [0, 0.05) is 24.8 Å². The number of benzene rings is 2. The average Bonchev–Trinajstić information content (AvgIpc) is 2.40. The summed E-state index contributed by atoms with van der Waals surface area (Å²) in [5.74, 6) is 0.0748. The molecule has 0 radical (unpaired) electrons. The van der Waals surface area contributed by atoms with Gasteiger partial charge < -0.3 is 10.9 Å². The standard InChI is InChI=1S/C13H10BrClN2OS/c14-8-4-5-12(11(6-8)13(16)17-18)19-10-3-1-2-9(15)7-10/h1-7,18H,(H2,16,17). The van der Waals surface area contributed by atoms with Gasteiger partial charge in [-0.3, -0.25) is 0 Å². The van der Waals surface area contributed by atoms with E-state index >= 15 is 0 Å². The zero-order valence-electron chi connectivity index (χ0n) is 9.68. The smallest absolute Gasteiger partial charge is 0.171 e. The second-order valence-corrected chi connectivity index (χ2v) is 6.15. The molecular weight excluding hydrogens is 348 g/mol. The molecule has 0 fully saturated rings. The van der Waals surface area contributed by atoms with Crippen LogP contribution in [0, 0.1) is 0 Å². The molecule has 0 aliphatic heterocycles. The third kappa shape index (κ3) is 3.65. The summed E-state index contributed by atoms with van der Waals surface area (Å²) in [6.07, 6.45) is 0.